The largest absolute Gasteiger partial charge is 0.357 e. The van der Waals surface area contributed by atoms with Gasteiger partial charge in [-0.25, -0.2) is 4.99 Å². The van der Waals surface area contributed by atoms with Crippen LogP contribution in [0.5, 0.6) is 0 Å². The number of carbonyl (C=O) groups is 1. The van der Waals surface area contributed by atoms with E-state index in [0.29, 0.717) is 19.5 Å². The van der Waals surface area contributed by atoms with Crippen molar-refractivity contribution in [1.82, 2.24) is 10.6 Å². The van der Waals surface area contributed by atoms with E-state index in [1.807, 2.05) is 25.1 Å². The molecule has 2 aromatic rings. The van der Waals surface area contributed by atoms with Crippen LogP contribution in [0.2, 0.25) is 0 Å². The highest BCUT2D eigenvalue weighted by Gasteiger charge is 2.24. The molecule has 1 amide bonds. The molecule has 144 valence electrons. The van der Waals surface area contributed by atoms with Gasteiger partial charge in [-0.3, -0.25) is 4.79 Å². The van der Waals surface area contributed by atoms with Gasteiger partial charge >= 0.3 is 0 Å². The number of nitrogens with zero attached hydrogens (tertiary/aromatic N) is 1. The SMILES string of the molecule is CCNC(=NCc1ccc(C)cc1)NCC1CC(=O)Nc2ccccc21.I. The van der Waals surface area contributed by atoms with Crippen LogP contribution < -0.4 is 16.0 Å². The van der Waals surface area contributed by atoms with E-state index in [0.717, 1.165) is 18.2 Å². The average Bonchev–Trinajstić information content (AvgIpc) is 2.65. The van der Waals surface area contributed by atoms with Gasteiger partial charge in [-0.05, 0) is 31.0 Å². The number of halogens is 1. The van der Waals surface area contributed by atoms with E-state index in [1.54, 1.807) is 0 Å². The van der Waals surface area contributed by atoms with E-state index in [1.165, 1.54) is 16.7 Å². The summed E-state index contributed by atoms with van der Waals surface area (Å²) in [6, 6.07) is 16.4. The Morgan fingerprint density at radius 1 is 1.15 bits per heavy atom. The summed E-state index contributed by atoms with van der Waals surface area (Å²) in [5.74, 6) is 0.983. The van der Waals surface area contributed by atoms with Gasteiger partial charge in [0.05, 0.1) is 6.54 Å². The highest BCUT2D eigenvalue weighted by atomic mass is 127. The Morgan fingerprint density at radius 2 is 1.89 bits per heavy atom. The Hall–Kier alpha value is -2.09. The molecule has 3 rings (SSSR count). The highest BCUT2D eigenvalue weighted by molar-refractivity contribution is 14.0. The lowest BCUT2D eigenvalue weighted by Crippen LogP contribution is -2.40. The number of fused-ring (bicyclic) bond motifs is 1. The van der Waals surface area contributed by atoms with E-state index in [2.05, 4.69) is 58.2 Å². The van der Waals surface area contributed by atoms with Gasteiger partial charge in [-0.2, -0.15) is 0 Å². The molecule has 0 saturated heterocycles. The summed E-state index contributed by atoms with van der Waals surface area (Å²) in [7, 11) is 0. The molecule has 2 aromatic carbocycles. The summed E-state index contributed by atoms with van der Waals surface area (Å²) in [5, 5.41) is 9.61. The van der Waals surface area contributed by atoms with E-state index in [4.69, 9.17) is 0 Å². The minimum atomic E-state index is 0. The van der Waals surface area contributed by atoms with Crippen LogP contribution in [0.25, 0.3) is 0 Å². The number of carbonyl (C=O) groups excluding carboxylic acids is 1. The summed E-state index contributed by atoms with van der Waals surface area (Å²) in [4.78, 5) is 16.6. The molecule has 0 saturated carbocycles. The molecule has 1 atom stereocenters. The second-order valence-electron chi connectivity index (χ2n) is 6.60. The van der Waals surface area contributed by atoms with Crippen LogP contribution >= 0.6 is 24.0 Å². The average molecular weight is 478 g/mol. The van der Waals surface area contributed by atoms with Crippen molar-refractivity contribution >= 4 is 41.5 Å². The van der Waals surface area contributed by atoms with Gasteiger partial charge in [0.1, 0.15) is 0 Å². The quantitative estimate of drug-likeness (QED) is 0.348. The van der Waals surface area contributed by atoms with Crippen LogP contribution in [-0.4, -0.2) is 25.0 Å². The molecular formula is C21H27IN4O. The van der Waals surface area contributed by atoms with E-state index in [9.17, 15) is 4.79 Å². The van der Waals surface area contributed by atoms with Crippen molar-refractivity contribution in [2.24, 2.45) is 4.99 Å². The third-order valence-electron chi connectivity index (χ3n) is 4.51. The zero-order chi connectivity index (χ0) is 18.4. The topological polar surface area (TPSA) is 65.5 Å². The van der Waals surface area contributed by atoms with Crippen molar-refractivity contribution in [3.05, 3.63) is 65.2 Å². The lowest BCUT2D eigenvalue weighted by molar-refractivity contribution is -0.116. The molecule has 1 heterocycles. The molecule has 1 aliphatic rings. The molecule has 0 aliphatic carbocycles. The first-order valence-corrected chi connectivity index (χ1v) is 9.12. The predicted molar refractivity (Wildman–Crippen MR) is 122 cm³/mol. The third-order valence-corrected chi connectivity index (χ3v) is 4.51. The second kappa shape index (κ2) is 10.3. The minimum Gasteiger partial charge on any atom is -0.357 e. The maximum Gasteiger partial charge on any atom is 0.225 e. The standard InChI is InChI=1S/C21H26N4O.HI/c1-3-22-21(23-13-16-10-8-15(2)9-11-16)24-14-17-12-20(26)25-19-7-5-4-6-18(17)19;/h4-11,17H,3,12-14H2,1-2H3,(H,25,26)(H2,22,23,24);1H. The summed E-state index contributed by atoms with van der Waals surface area (Å²) >= 11 is 0. The Labute approximate surface area is 178 Å². The number of aryl methyl sites for hydroxylation is 1. The normalized spacial score (nSPS) is 16.0. The fraction of sp³-hybridized carbons (Fsp3) is 0.333. The van der Waals surface area contributed by atoms with Crippen molar-refractivity contribution in [2.45, 2.75) is 32.7 Å². The van der Waals surface area contributed by atoms with Gasteiger partial charge in [0.25, 0.3) is 0 Å². The van der Waals surface area contributed by atoms with Crippen LogP contribution in [0.4, 0.5) is 5.69 Å². The lowest BCUT2D eigenvalue weighted by Gasteiger charge is -2.26. The Balaban J connectivity index is 0.00000261. The van der Waals surface area contributed by atoms with Gasteiger partial charge in [0.15, 0.2) is 5.96 Å². The third kappa shape index (κ3) is 5.95. The van der Waals surface area contributed by atoms with Gasteiger partial charge in [-0.1, -0.05) is 48.0 Å². The maximum atomic E-state index is 12.0. The van der Waals surface area contributed by atoms with Crippen LogP contribution in [0.3, 0.4) is 0 Å². The fourth-order valence-electron chi connectivity index (χ4n) is 3.11. The molecule has 6 heteroatoms. The number of anilines is 1. The van der Waals surface area contributed by atoms with Crippen LogP contribution in [0, 0.1) is 6.92 Å². The van der Waals surface area contributed by atoms with E-state index >= 15 is 0 Å². The summed E-state index contributed by atoms with van der Waals surface area (Å²) in [6.45, 7) is 6.21. The molecular weight excluding hydrogens is 451 g/mol. The van der Waals surface area contributed by atoms with E-state index in [-0.39, 0.29) is 35.8 Å². The van der Waals surface area contributed by atoms with Crippen molar-refractivity contribution in [2.75, 3.05) is 18.4 Å². The van der Waals surface area contributed by atoms with Gasteiger partial charge < -0.3 is 16.0 Å². The first kappa shape index (κ1) is 21.2. The van der Waals surface area contributed by atoms with Crippen molar-refractivity contribution in [3.63, 3.8) is 0 Å². The first-order chi connectivity index (χ1) is 12.7. The Bertz CT molecular complexity index is 789. The van der Waals surface area contributed by atoms with Crippen molar-refractivity contribution < 1.29 is 4.79 Å². The number of aliphatic imine (C=N–C) groups is 1. The molecule has 0 fully saturated rings. The van der Waals surface area contributed by atoms with Crippen LogP contribution in [-0.2, 0) is 11.3 Å². The van der Waals surface area contributed by atoms with Gasteiger partial charge in [-0.15, -0.1) is 24.0 Å². The van der Waals surface area contributed by atoms with Gasteiger partial charge in [0, 0.05) is 31.1 Å². The second-order valence-corrected chi connectivity index (χ2v) is 6.60. The molecule has 5 nitrogen and oxygen atoms in total. The minimum absolute atomic E-state index is 0. The number of para-hydroxylation sites is 1. The zero-order valence-electron chi connectivity index (χ0n) is 15.8. The highest BCUT2D eigenvalue weighted by Crippen LogP contribution is 2.31. The number of rotatable bonds is 5. The molecule has 0 bridgehead atoms. The molecule has 1 aliphatic heterocycles. The number of hydrogen-bond acceptors (Lipinski definition) is 2. The van der Waals surface area contributed by atoms with Crippen LogP contribution in [0.1, 0.15) is 36.0 Å². The number of nitrogens with one attached hydrogen (secondary N) is 3. The first-order valence-electron chi connectivity index (χ1n) is 9.12. The summed E-state index contributed by atoms with van der Waals surface area (Å²) < 4.78 is 0. The Kier molecular flexibility index (Phi) is 8.09. The fourth-order valence-corrected chi connectivity index (χ4v) is 3.11. The summed E-state index contributed by atoms with van der Waals surface area (Å²) in [6.07, 6.45) is 0.487. The maximum absolute atomic E-state index is 12.0. The van der Waals surface area contributed by atoms with E-state index < -0.39 is 0 Å². The number of amides is 1. The van der Waals surface area contributed by atoms with Crippen LogP contribution in [0.15, 0.2) is 53.5 Å². The van der Waals surface area contributed by atoms with Crippen molar-refractivity contribution in [3.8, 4) is 0 Å². The predicted octanol–water partition coefficient (Wildman–Crippen LogP) is 3.79. The monoisotopic (exact) mass is 478 g/mol. The van der Waals surface area contributed by atoms with Gasteiger partial charge in [0.2, 0.25) is 5.91 Å². The molecule has 1 unspecified atom stereocenters. The number of guanidine groups is 1. The molecule has 27 heavy (non-hydrogen) atoms. The number of benzene rings is 2. The Morgan fingerprint density at radius 3 is 2.63 bits per heavy atom. The molecule has 0 spiro atoms. The molecule has 0 radical (unpaired) electrons. The molecule has 0 aromatic heterocycles. The zero-order valence-corrected chi connectivity index (χ0v) is 18.1. The molecule has 3 N–H and O–H groups in total. The van der Waals surface area contributed by atoms with Crippen molar-refractivity contribution in [1.29, 1.82) is 0 Å². The number of hydrogen-bond donors (Lipinski definition) is 3. The lowest BCUT2D eigenvalue weighted by atomic mass is 9.90. The smallest absolute Gasteiger partial charge is 0.225 e. The summed E-state index contributed by atoms with van der Waals surface area (Å²) in [5.41, 5.74) is 4.51.